The summed E-state index contributed by atoms with van der Waals surface area (Å²) >= 11 is 0. The molecule has 2 rings (SSSR count). The summed E-state index contributed by atoms with van der Waals surface area (Å²) in [7, 11) is 0. The number of carbonyl (C=O) groups excluding carboxylic acids is 1. The number of benzene rings is 1. The summed E-state index contributed by atoms with van der Waals surface area (Å²) in [4.78, 5) is 11.6. The van der Waals surface area contributed by atoms with E-state index in [1.54, 1.807) is 0 Å². The Kier molecular flexibility index (Phi) is 4.30. The molecule has 0 bridgehead atoms. The first-order valence-corrected chi connectivity index (χ1v) is 5.10. The molecule has 15 heavy (non-hydrogen) atoms. The molecule has 1 fully saturated rings. The summed E-state index contributed by atoms with van der Waals surface area (Å²) in [6.07, 6.45) is 1.69. The lowest BCUT2D eigenvalue weighted by molar-refractivity contribution is -0.122. The predicted molar refractivity (Wildman–Crippen MR) is 63.4 cm³/mol. The van der Waals surface area contributed by atoms with Crippen LogP contribution in [0.4, 0.5) is 0 Å². The maximum atomic E-state index is 11.6. The summed E-state index contributed by atoms with van der Waals surface area (Å²) in [6.45, 7) is 3.00. The standard InChI is InChI=1S/C12H15NO.ClH/c1-9-4-6-10(7-5-9)12-11(14)3-2-8-13-12;/h4-7,12-13H,2-3,8H2,1H3;1H. The molecular weight excluding hydrogens is 210 g/mol. The van der Waals surface area contributed by atoms with Crippen molar-refractivity contribution < 1.29 is 4.79 Å². The van der Waals surface area contributed by atoms with Gasteiger partial charge in [-0.1, -0.05) is 29.8 Å². The summed E-state index contributed by atoms with van der Waals surface area (Å²) in [5, 5.41) is 3.26. The summed E-state index contributed by atoms with van der Waals surface area (Å²) in [5.41, 5.74) is 2.33. The van der Waals surface area contributed by atoms with Gasteiger partial charge in [0, 0.05) is 6.42 Å². The molecule has 1 saturated heterocycles. The molecule has 0 amide bonds. The van der Waals surface area contributed by atoms with E-state index in [2.05, 4.69) is 24.4 Å². The van der Waals surface area contributed by atoms with E-state index in [0.717, 1.165) is 18.5 Å². The van der Waals surface area contributed by atoms with Crippen molar-refractivity contribution in [2.45, 2.75) is 25.8 Å². The van der Waals surface area contributed by atoms with E-state index in [4.69, 9.17) is 0 Å². The molecule has 2 nitrogen and oxygen atoms in total. The third-order valence-electron chi connectivity index (χ3n) is 2.68. The lowest BCUT2D eigenvalue weighted by Gasteiger charge is -2.22. The van der Waals surface area contributed by atoms with Crippen molar-refractivity contribution in [3.63, 3.8) is 0 Å². The van der Waals surface area contributed by atoms with E-state index >= 15 is 0 Å². The topological polar surface area (TPSA) is 29.1 Å². The van der Waals surface area contributed by atoms with Crippen LogP contribution in [0.2, 0.25) is 0 Å². The number of piperidine rings is 1. The number of ketones is 1. The SMILES string of the molecule is Cc1ccc(C2NCCCC2=O)cc1.Cl. The molecule has 82 valence electrons. The van der Waals surface area contributed by atoms with E-state index < -0.39 is 0 Å². The van der Waals surface area contributed by atoms with Crippen LogP contribution in [0.5, 0.6) is 0 Å². The van der Waals surface area contributed by atoms with Gasteiger partial charge >= 0.3 is 0 Å². The molecule has 0 radical (unpaired) electrons. The highest BCUT2D eigenvalue weighted by Gasteiger charge is 2.22. The van der Waals surface area contributed by atoms with Crippen molar-refractivity contribution in [2.24, 2.45) is 0 Å². The van der Waals surface area contributed by atoms with E-state index in [-0.39, 0.29) is 18.4 Å². The monoisotopic (exact) mass is 225 g/mol. The highest BCUT2D eigenvalue weighted by atomic mass is 35.5. The van der Waals surface area contributed by atoms with Crippen molar-refractivity contribution in [3.05, 3.63) is 35.4 Å². The summed E-state index contributed by atoms with van der Waals surface area (Å²) in [5.74, 6) is 0.320. The molecule has 0 spiro atoms. The third-order valence-corrected chi connectivity index (χ3v) is 2.68. The average molecular weight is 226 g/mol. The molecule has 1 unspecified atom stereocenters. The Morgan fingerprint density at radius 2 is 1.93 bits per heavy atom. The molecular formula is C12H16ClNO. The normalized spacial score (nSPS) is 20.9. The van der Waals surface area contributed by atoms with E-state index in [0.29, 0.717) is 12.2 Å². The Balaban J connectivity index is 0.00000112. The minimum Gasteiger partial charge on any atom is -0.304 e. The molecule has 1 aliphatic heterocycles. The number of rotatable bonds is 1. The van der Waals surface area contributed by atoms with Gasteiger partial charge in [0.25, 0.3) is 0 Å². The van der Waals surface area contributed by atoms with Crippen LogP contribution in [-0.2, 0) is 4.79 Å². The number of Topliss-reactive ketones (excluding diaryl/α,β-unsaturated/α-hetero) is 1. The van der Waals surface area contributed by atoms with Gasteiger partial charge in [0.1, 0.15) is 0 Å². The van der Waals surface area contributed by atoms with E-state index in [9.17, 15) is 4.79 Å². The average Bonchev–Trinajstić information content (AvgIpc) is 2.20. The molecule has 0 saturated carbocycles. The Labute approximate surface area is 96.5 Å². The van der Waals surface area contributed by atoms with Gasteiger partial charge in [-0.05, 0) is 25.5 Å². The highest BCUT2D eigenvalue weighted by Crippen LogP contribution is 2.19. The van der Waals surface area contributed by atoms with Crippen LogP contribution in [0.1, 0.15) is 30.0 Å². The van der Waals surface area contributed by atoms with Crippen LogP contribution in [0, 0.1) is 6.92 Å². The number of hydrogen-bond donors (Lipinski definition) is 1. The van der Waals surface area contributed by atoms with Crippen molar-refractivity contribution in [3.8, 4) is 0 Å². The molecule has 1 heterocycles. The maximum absolute atomic E-state index is 11.6. The second kappa shape index (κ2) is 5.29. The number of carbonyl (C=O) groups is 1. The second-order valence-corrected chi connectivity index (χ2v) is 3.87. The van der Waals surface area contributed by atoms with Crippen LogP contribution in [0.3, 0.4) is 0 Å². The molecule has 1 aromatic rings. The largest absolute Gasteiger partial charge is 0.304 e. The maximum Gasteiger partial charge on any atom is 0.154 e. The van der Waals surface area contributed by atoms with Crippen molar-refractivity contribution in [1.29, 1.82) is 0 Å². The molecule has 3 heteroatoms. The van der Waals surface area contributed by atoms with E-state index in [1.165, 1.54) is 5.56 Å². The minimum atomic E-state index is -0.0654. The van der Waals surface area contributed by atoms with Crippen molar-refractivity contribution in [1.82, 2.24) is 5.32 Å². The highest BCUT2D eigenvalue weighted by molar-refractivity contribution is 5.86. The molecule has 0 aliphatic carbocycles. The van der Waals surface area contributed by atoms with Crippen molar-refractivity contribution in [2.75, 3.05) is 6.54 Å². The van der Waals surface area contributed by atoms with Gasteiger partial charge in [-0.3, -0.25) is 4.79 Å². The van der Waals surface area contributed by atoms with Gasteiger partial charge in [0.2, 0.25) is 0 Å². The Bertz CT molecular complexity index is 334. The summed E-state index contributed by atoms with van der Waals surface area (Å²) < 4.78 is 0. The van der Waals surface area contributed by atoms with Gasteiger partial charge in [0.15, 0.2) is 5.78 Å². The molecule has 1 aliphatic rings. The summed E-state index contributed by atoms with van der Waals surface area (Å²) in [6, 6.07) is 8.12. The molecule has 1 aromatic carbocycles. The first kappa shape index (κ1) is 12.2. The first-order chi connectivity index (χ1) is 6.77. The number of hydrogen-bond acceptors (Lipinski definition) is 2. The van der Waals surface area contributed by atoms with E-state index in [1.807, 2.05) is 12.1 Å². The fourth-order valence-electron chi connectivity index (χ4n) is 1.83. The number of nitrogens with one attached hydrogen (secondary N) is 1. The Hall–Kier alpha value is -0.860. The van der Waals surface area contributed by atoms with Gasteiger partial charge < -0.3 is 5.32 Å². The zero-order valence-electron chi connectivity index (χ0n) is 8.82. The van der Waals surface area contributed by atoms with Crippen LogP contribution in [-0.4, -0.2) is 12.3 Å². The molecule has 0 aromatic heterocycles. The van der Waals surface area contributed by atoms with Gasteiger partial charge in [-0.2, -0.15) is 0 Å². The predicted octanol–water partition coefficient (Wildman–Crippen LogP) is 2.41. The van der Waals surface area contributed by atoms with Gasteiger partial charge in [-0.15, -0.1) is 12.4 Å². The van der Waals surface area contributed by atoms with Crippen LogP contribution < -0.4 is 5.32 Å². The minimum absolute atomic E-state index is 0. The lowest BCUT2D eigenvalue weighted by atomic mass is 9.96. The fourth-order valence-corrected chi connectivity index (χ4v) is 1.83. The van der Waals surface area contributed by atoms with Crippen LogP contribution in [0.25, 0.3) is 0 Å². The van der Waals surface area contributed by atoms with Crippen LogP contribution >= 0.6 is 12.4 Å². The molecule has 1 N–H and O–H groups in total. The third kappa shape index (κ3) is 2.80. The number of aryl methyl sites for hydroxylation is 1. The smallest absolute Gasteiger partial charge is 0.154 e. The Morgan fingerprint density at radius 1 is 1.27 bits per heavy atom. The lowest BCUT2D eigenvalue weighted by Crippen LogP contribution is -2.34. The fraction of sp³-hybridized carbons (Fsp3) is 0.417. The molecule has 1 atom stereocenters. The second-order valence-electron chi connectivity index (χ2n) is 3.87. The van der Waals surface area contributed by atoms with Gasteiger partial charge in [0.05, 0.1) is 6.04 Å². The zero-order valence-corrected chi connectivity index (χ0v) is 9.64. The zero-order chi connectivity index (χ0) is 9.97. The first-order valence-electron chi connectivity index (χ1n) is 5.10. The Morgan fingerprint density at radius 3 is 2.53 bits per heavy atom. The van der Waals surface area contributed by atoms with Crippen molar-refractivity contribution >= 4 is 18.2 Å². The van der Waals surface area contributed by atoms with Crippen LogP contribution in [0.15, 0.2) is 24.3 Å². The van der Waals surface area contributed by atoms with Gasteiger partial charge in [-0.25, -0.2) is 0 Å². The number of halogens is 1. The quantitative estimate of drug-likeness (QED) is 0.796.